The lowest BCUT2D eigenvalue weighted by Gasteiger charge is -2.28. The number of piperidine rings is 1. The maximum atomic E-state index is 13.1. The second-order valence-corrected chi connectivity index (χ2v) is 7.77. The van der Waals surface area contributed by atoms with Gasteiger partial charge in [-0.05, 0) is 32.1 Å². The van der Waals surface area contributed by atoms with Crippen molar-refractivity contribution in [2.24, 2.45) is 0 Å². The van der Waals surface area contributed by atoms with E-state index >= 15 is 0 Å². The highest BCUT2D eigenvalue weighted by Gasteiger charge is 2.33. The van der Waals surface area contributed by atoms with Gasteiger partial charge < -0.3 is 16.0 Å². The van der Waals surface area contributed by atoms with Crippen LogP contribution in [0.25, 0.3) is 22.4 Å². The largest absolute Gasteiger partial charge is 0.371 e. The maximum absolute atomic E-state index is 13.1. The van der Waals surface area contributed by atoms with Crippen LogP contribution >= 0.6 is 0 Å². The average Bonchev–Trinajstić information content (AvgIpc) is 3.36. The molecular weight excluding hydrogens is 442 g/mol. The van der Waals surface area contributed by atoms with Crippen molar-refractivity contribution in [1.82, 2.24) is 34.1 Å². The molecule has 4 aromatic heterocycles. The molecule has 0 unspecified atom stereocenters. The van der Waals surface area contributed by atoms with E-state index in [4.69, 9.17) is 5.73 Å². The molecule has 1 aliphatic heterocycles. The van der Waals surface area contributed by atoms with Gasteiger partial charge in [0.2, 0.25) is 5.95 Å². The van der Waals surface area contributed by atoms with Crippen LogP contribution in [0, 0.1) is 0 Å². The van der Waals surface area contributed by atoms with E-state index in [0.29, 0.717) is 29.0 Å². The highest BCUT2D eigenvalue weighted by Crippen LogP contribution is 2.30. The summed E-state index contributed by atoms with van der Waals surface area (Å²) in [7, 11) is 3.44. The third-order valence-electron chi connectivity index (χ3n) is 5.26. The number of rotatable bonds is 3. The Morgan fingerprint density at radius 1 is 1.15 bits per heavy atom. The molecule has 5 heterocycles. The lowest BCUT2D eigenvalue weighted by molar-refractivity contribution is -0.0571. The number of fused-ring (bicyclic) bond motifs is 2. The number of hydrogen-bond donors (Lipinski definition) is 2. The number of nitrogens with zero attached hydrogens (tertiary/aromatic N) is 7. The summed E-state index contributed by atoms with van der Waals surface area (Å²) in [6.45, 7) is 0.753. The molecule has 0 aliphatic carbocycles. The van der Waals surface area contributed by atoms with Crippen LogP contribution in [-0.2, 0) is 0 Å². The zero-order valence-corrected chi connectivity index (χ0v) is 18.0. The van der Waals surface area contributed by atoms with Gasteiger partial charge in [0.1, 0.15) is 5.52 Å². The van der Waals surface area contributed by atoms with E-state index < -0.39 is 12.3 Å². The van der Waals surface area contributed by atoms with E-state index in [2.05, 4.69) is 25.5 Å². The maximum Gasteiger partial charge on any atom is 0.269 e. The van der Waals surface area contributed by atoms with E-state index in [-0.39, 0.29) is 30.1 Å². The lowest BCUT2D eigenvalue weighted by Crippen LogP contribution is -2.39. The number of anilines is 2. The Labute approximate surface area is 186 Å². The van der Waals surface area contributed by atoms with Crippen molar-refractivity contribution < 1.29 is 17.6 Å². The van der Waals surface area contributed by atoms with E-state index in [0.717, 1.165) is 12.7 Å². The minimum Gasteiger partial charge on any atom is -0.371 e. The van der Waals surface area contributed by atoms with Gasteiger partial charge in [0, 0.05) is 31.4 Å². The molecule has 5 rings (SSSR count). The Kier molecular flexibility index (Phi) is 6.06. The van der Waals surface area contributed by atoms with Gasteiger partial charge in [-0.25, -0.2) is 31.6 Å². The SMILES string of the molecule is CN1CCCC(F)(F)C1.CNc1nc(N)nn2ccc(-c3ccn4ncc(C(F)F)c4n3)c12. The highest BCUT2D eigenvalue weighted by atomic mass is 19.3. The first-order chi connectivity index (χ1) is 15.7. The first-order valence-electron chi connectivity index (χ1n) is 10.2. The predicted molar refractivity (Wildman–Crippen MR) is 116 cm³/mol. The van der Waals surface area contributed by atoms with Gasteiger partial charge in [-0.2, -0.15) is 10.1 Å². The van der Waals surface area contributed by atoms with E-state index in [1.165, 1.54) is 4.52 Å². The summed E-state index contributed by atoms with van der Waals surface area (Å²) < 4.78 is 53.9. The molecule has 0 amide bonds. The summed E-state index contributed by atoms with van der Waals surface area (Å²) >= 11 is 0. The van der Waals surface area contributed by atoms with Gasteiger partial charge in [-0.15, -0.1) is 5.10 Å². The first kappa shape index (κ1) is 22.7. The number of likely N-dealkylation sites (tertiary alicyclic amines) is 1. The summed E-state index contributed by atoms with van der Waals surface area (Å²) in [6.07, 6.45) is 2.47. The number of halogens is 4. The van der Waals surface area contributed by atoms with Crippen LogP contribution in [0.15, 0.2) is 30.7 Å². The van der Waals surface area contributed by atoms with Crippen LogP contribution in [-0.4, -0.2) is 67.2 Å². The van der Waals surface area contributed by atoms with Crippen molar-refractivity contribution in [1.29, 1.82) is 0 Å². The Hall–Kier alpha value is -3.48. The summed E-state index contributed by atoms with van der Waals surface area (Å²) in [4.78, 5) is 10.2. The number of aromatic nitrogens is 6. The Morgan fingerprint density at radius 2 is 1.91 bits per heavy atom. The summed E-state index contributed by atoms with van der Waals surface area (Å²) in [5, 5.41) is 10.9. The molecule has 33 heavy (non-hydrogen) atoms. The van der Waals surface area contributed by atoms with Crippen molar-refractivity contribution in [3.05, 3.63) is 36.3 Å². The molecule has 9 nitrogen and oxygen atoms in total. The van der Waals surface area contributed by atoms with Crippen LogP contribution in [0.5, 0.6) is 0 Å². The van der Waals surface area contributed by atoms with Crippen LogP contribution in [0.1, 0.15) is 24.8 Å². The molecule has 1 aliphatic rings. The quantitative estimate of drug-likeness (QED) is 0.448. The van der Waals surface area contributed by atoms with Crippen molar-refractivity contribution in [3.63, 3.8) is 0 Å². The molecule has 0 atom stereocenters. The summed E-state index contributed by atoms with van der Waals surface area (Å²) in [5.74, 6) is -1.78. The smallest absolute Gasteiger partial charge is 0.269 e. The van der Waals surface area contributed by atoms with Crippen molar-refractivity contribution >= 4 is 22.9 Å². The molecule has 0 aromatic carbocycles. The van der Waals surface area contributed by atoms with Gasteiger partial charge >= 0.3 is 0 Å². The summed E-state index contributed by atoms with van der Waals surface area (Å²) in [5.41, 5.74) is 7.43. The van der Waals surface area contributed by atoms with Gasteiger partial charge in [0.05, 0.1) is 24.0 Å². The predicted octanol–water partition coefficient (Wildman–Crippen LogP) is 3.35. The van der Waals surface area contributed by atoms with Crippen LogP contribution < -0.4 is 11.1 Å². The molecule has 0 radical (unpaired) electrons. The summed E-state index contributed by atoms with van der Waals surface area (Å²) in [6, 6.07) is 3.47. The fourth-order valence-corrected chi connectivity index (χ4v) is 3.77. The van der Waals surface area contributed by atoms with Gasteiger partial charge in [0.15, 0.2) is 11.5 Å². The van der Waals surface area contributed by atoms with E-state index in [1.807, 2.05) is 0 Å². The van der Waals surface area contributed by atoms with Gasteiger partial charge in [-0.3, -0.25) is 0 Å². The molecule has 13 heteroatoms. The molecule has 3 N–H and O–H groups in total. The van der Waals surface area contributed by atoms with Crippen LogP contribution in [0.3, 0.4) is 0 Å². The molecule has 4 aromatic rings. The molecule has 0 bridgehead atoms. The molecule has 1 saturated heterocycles. The Balaban J connectivity index is 0.000000243. The zero-order chi connectivity index (χ0) is 23.8. The number of nitrogens with two attached hydrogens (primary N) is 1. The number of hydrogen-bond acceptors (Lipinski definition) is 7. The first-order valence-corrected chi connectivity index (χ1v) is 10.2. The van der Waals surface area contributed by atoms with Gasteiger partial charge in [0.25, 0.3) is 12.3 Å². The third-order valence-corrected chi connectivity index (χ3v) is 5.26. The standard InChI is InChI=1S/C14H12F2N8.C6H11F2N/c1-18-12-10-7(2-4-23(10)22-14(17)21-12)9-3-5-24-13(20-9)8(6-19-24)11(15)16;1-9-4-2-3-6(7,8)5-9/h2-6,11H,1H3,(H3,17,18,21,22);2-5H2,1H3. The third kappa shape index (κ3) is 4.67. The lowest BCUT2D eigenvalue weighted by atomic mass is 10.1. The second-order valence-electron chi connectivity index (χ2n) is 7.77. The molecule has 0 saturated carbocycles. The number of alkyl halides is 4. The topological polar surface area (TPSA) is 102 Å². The minimum absolute atomic E-state index is 0.0625. The van der Waals surface area contributed by atoms with Crippen LogP contribution in [0.2, 0.25) is 0 Å². The molecular formula is C20H23F4N9. The van der Waals surface area contributed by atoms with Crippen molar-refractivity contribution in [3.8, 4) is 11.3 Å². The minimum atomic E-state index is -2.65. The van der Waals surface area contributed by atoms with E-state index in [1.54, 1.807) is 48.0 Å². The van der Waals surface area contributed by atoms with Gasteiger partial charge in [-0.1, -0.05) is 0 Å². The molecule has 0 spiro atoms. The van der Waals surface area contributed by atoms with Crippen molar-refractivity contribution in [2.45, 2.75) is 25.2 Å². The number of nitrogens with one attached hydrogen (secondary N) is 1. The highest BCUT2D eigenvalue weighted by molar-refractivity contribution is 5.87. The molecule has 1 fully saturated rings. The Morgan fingerprint density at radius 3 is 2.55 bits per heavy atom. The average molecular weight is 465 g/mol. The zero-order valence-electron chi connectivity index (χ0n) is 18.0. The normalized spacial score (nSPS) is 16.2. The van der Waals surface area contributed by atoms with Crippen molar-refractivity contribution in [2.75, 3.05) is 38.2 Å². The van der Waals surface area contributed by atoms with Crippen LogP contribution in [0.4, 0.5) is 29.3 Å². The fraction of sp³-hybridized carbons (Fsp3) is 0.400. The monoisotopic (exact) mass is 465 g/mol. The Bertz CT molecular complexity index is 1270. The fourth-order valence-electron chi connectivity index (χ4n) is 3.77. The second kappa shape index (κ2) is 8.81. The number of nitrogen functional groups attached to an aromatic ring is 1. The van der Waals surface area contributed by atoms with E-state index in [9.17, 15) is 17.6 Å². The molecule has 176 valence electrons.